The van der Waals surface area contributed by atoms with E-state index in [1.165, 1.54) is 18.4 Å². The fourth-order valence-electron chi connectivity index (χ4n) is 3.93. The summed E-state index contributed by atoms with van der Waals surface area (Å²) in [4.78, 5) is 17.8. The van der Waals surface area contributed by atoms with Crippen LogP contribution in [0.2, 0.25) is 0 Å². The third-order valence-electron chi connectivity index (χ3n) is 5.51. The Bertz CT molecular complexity index is 912. The van der Waals surface area contributed by atoms with E-state index in [-0.39, 0.29) is 12.6 Å². The Morgan fingerprint density at radius 3 is 2.66 bits per heavy atom. The molecule has 1 amide bonds. The first kappa shape index (κ1) is 23.4. The predicted octanol–water partition coefficient (Wildman–Crippen LogP) is 2.06. The molecule has 1 atom stereocenters. The Kier molecular flexibility index (Phi) is 8.74. The molecular formula is C24H33N5O3. The average molecular weight is 440 g/mol. The molecule has 0 radical (unpaired) electrons. The number of hydrogen-bond donors (Lipinski definition) is 3. The molecular weight excluding hydrogens is 406 g/mol. The first-order valence-electron chi connectivity index (χ1n) is 10.9. The highest BCUT2D eigenvalue weighted by molar-refractivity contribution is 5.79. The second kappa shape index (κ2) is 12.0. The first-order valence-corrected chi connectivity index (χ1v) is 10.9. The van der Waals surface area contributed by atoms with Crippen molar-refractivity contribution in [2.75, 3.05) is 40.4 Å². The molecule has 2 aromatic rings. The number of amides is 1. The zero-order valence-electron chi connectivity index (χ0n) is 18.8. The Hall–Kier alpha value is -3.26. The van der Waals surface area contributed by atoms with E-state index in [1.807, 2.05) is 30.3 Å². The molecule has 172 valence electrons. The second-order valence-corrected chi connectivity index (χ2v) is 7.71. The van der Waals surface area contributed by atoms with Crippen LogP contribution in [-0.4, -0.2) is 57.2 Å². The fourth-order valence-corrected chi connectivity index (χ4v) is 3.93. The summed E-state index contributed by atoms with van der Waals surface area (Å²) in [7, 11) is 3.48. The molecule has 1 heterocycles. The molecule has 1 fully saturated rings. The number of nitrogens with one attached hydrogen (secondary N) is 2. The highest BCUT2D eigenvalue weighted by atomic mass is 16.5. The topological polar surface area (TPSA) is 101 Å². The van der Waals surface area contributed by atoms with Crippen molar-refractivity contribution in [1.29, 1.82) is 0 Å². The summed E-state index contributed by atoms with van der Waals surface area (Å²) in [6, 6.07) is 15.9. The second-order valence-electron chi connectivity index (χ2n) is 7.71. The normalized spacial score (nSPS) is 15.2. The number of carbonyl (C=O) groups is 1. The maximum Gasteiger partial charge on any atom is 0.255 e. The van der Waals surface area contributed by atoms with Crippen LogP contribution in [0.15, 0.2) is 53.5 Å². The van der Waals surface area contributed by atoms with Gasteiger partial charge in [-0.25, -0.2) is 0 Å². The number of likely N-dealkylation sites (tertiary alicyclic amines) is 1. The van der Waals surface area contributed by atoms with Crippen molar-refractivity contribution in [1.82, 2.24) is 15.5 Å². The number of guanidine groups is 1. The van der Waals surface area contributed by atoms with Crippen LogP contribution >= 0.6 is 0 Å². The maximum absolute atomic E-state index is 10.9. The number of aliphatic imine (C=N–C) groups is 1. The number of carbonyl (C=O) groups excluding carboxylic acids is 1. The van der Waals surface area contributed by atoms with Gasteiger partial charge < -0.3 is 25.8 Å². The molecule has 0 saturated carbocycles. The average Bonchev–Trinajstić information content (AvgIpc) is 3.35. The smallest absolute Gasteiger partial charge is 0.255 e. The van der Waals surface area contributed by atoms with Gasteiger partial charge in [-0.15, -0.1) is 0 Å². The summed E-state index contributed by atoms with van der Waals surface area (Å²) in [5.74, 6) is 1.73. The molecule has 0 spiro atoms. The van der Waals surface area contributed by atoms with Crippen molar-refractivity contribution in [3.05, 3.63) is 59.7 Å². The molecule has 3 rings (SSSR count). The van der Waals surface area contributed by atoms with Gasteiger partial charge in [0, 0.05) is 25.7 Å². The molecule has 2 aromatic carbocycles. The number of nitrogens with two attached hydrogens (primary N) is 1. The number of rotatable bonds is 10. The van der Waals surface area contributed by atoms with Crippen molar-refractivity contribution in [2.45, 2.75) is 25.4 Å². The zero-order valence-corrected chi connectivity index (χ0v) is 18.8. The molecule has 1 saturated heterocycles. The summed E-state index contributed by atoms with van der Waals surface area (Å²) in [5.41, 5.74) is 7.34. The van der Waals surface area contributed by atoms with Crippen LogP contribution in [0.1, 0.15) is 30.0 Å². The minimum Gasteiger partial charge on any atom is -0.496 e. The quantitative estimate of drug-likeness (QED) is 0.387. The number of para-hydroxylation sites is 1. The Balaban J connectivity index is 1.61. The molecule has 1 unspecified atom stereocenters. The SMILES string of the molecule is CN=C(NCc1cccc(OCC(N)=O)c1)NCC(c1ccccc1OC)N1CCCC1. The lowest BCUT2D eigenvalue weighted by Gasteiger charge is -2.30. The summed E-state index contributed by atoms with van der Waals surface area (Å²) < 4.78 is 11.0. The van der Waals surface area contributed by atoms with Gasteiger partial charge in [-0.1, -0.05) is 30.3 Å². The van der Waals surface area contributed by atoms with Gasteiger partial charge in [0.15, 0.2) is 12.6 Å². The number of benzene rings is 2. The highest BCUT2D eigenvalue weighted by Gasteiger charge is 2.26. The van der Waals surface area contributed by atoms with Crippen LogP contribution in [0, 0.1) is 0 Å². The summed E-state index contributed by atoms with van der Waals surface area (Å²) >= 11 is 0. The van der Waals surface area contributed by atoms with E-state index < -0.39 is 5.91 Å². The molecule has 1 aliphatic heterocycles. The molecule has 4 N–H and O–H groups in total. The van der Waals surface area contributed by atoms with Crippen LogP contribution in [0.3, 0.4) is 0 Å². The molecule has 8 heteroatoms. The zero-order chi connectivity index (χ0) is 22.8. The van der Waals surface area contributed by atoms with Crippen LogP contribution < -0.4 is 25.8 Å². The van der Waals surface area contributed by atoms with E-state index in [4.69, 9.17) is 15.2 Å². The van der Waals surface area contributed by atoms with Gasteiger partial charge >= 0.3 is 0 Å². The third-order valence-corrected chi connectivity index (χ3v) is 5.51. The van der Waals surface area contributed by atoms with Crippen LogP contribution in [0.25, 0.3) is 0 Å². The third kappa shape index (κ3) is 6.62. The van der Waals surface area contributed by atoms with Gasteiger partial charge in [-0.3, -0.25) is 14.7 Å². The van der Waals surface area contributed by atoms with E-state index in [9.17, 15) is 4.79 Å². The molecule has 1 aliphatic rings. The van der Waals surface area contributed by atoms with Crippen molar-refractivity contribution in [2.24, 2.45) is 10.7 Å². The minimum atomic E-state index is -0.499. The fraction of sp³-hybridized carbons (Fsp3) is 0.417. The molecule has 32 heavy (non-hydrogen) atoms. The van der Waals surface area contributed by atoms with Crippen LogP contribution in [0.5, 0.6) is 11.5 Å². The minimum absolute atomic E-state index is 0.138. The van der Waals surface area contributed by atoms with Crippen molar-refractivity contribution in [3.8, 4) is 11.5 Å². The van der Waals surface area contributed by atoms with E-state index in [2.05, 4.69) is 32.7 Å². The van der Waals surface area contributed by atoms with Gasteiger partial charge in [-0.2, -0.15) is 0 Å². The number of primary amides is 1. The van der Waals surface area contributed by atoms with E-state index in [0.717, 1.165) is 24.4 Å². The monoisotopic (exact) mass is 439 g/mol. The lowest BCUT2D eigenvalue weighted by Crippen LogP contribution is -2.42. The summed E-state index contributed by atoms with van der Waals surface area (Å²) in [6.45, 7) is 3.29. The number of nitrogens with zero attached hydrogens (tertiary/aromatic N) is 2. The first-order chi connectivity index (χ1) is 15.6. The van der Waals surface area contributed by atoms with Crippen LogP contribution in [0.4, 0.5) is 0 Å². The largest absolute Gasteiger partial charge is 0.496 e. The Labute approximate surface area is 189 Å². The Morgan fingerprint density at radius 2 is 1.94 bits per heavy atom. The standard InChI is InChI=1S/C24H33N5O3/c1-26-24(27-15-18-8-7-9-19(14-18)32-17-23(25)30)28-16-21(29-12-5-6-13-29)20-10-3-4-11-22(20)31-2/h3-4,7-11,14,21H,5-6,12-13,15-17H2,1-2H3,(H2,25,30)(H2,26,27,28). The van der Waals surface area contributed by atoms with Gasteiger partial charge in [0.05, 0.1) is 13.2 Å². The van der Waals surface area contributed by atoms with Gasteiger partial charge in [0.1, 0.15) is 11.5 Å². The predicted molar refractivity (Wildman–Crippen MR) is 126 cm³/mol. The van der Waals surface area contributed by atoms with E-state index in [1.54, 1.807) is 20.2 Å². The summed E-state index contributed by atoms with van der Waals surface area (Å²) in [5, 5.41) is 6.82. The molecule has 8 nitrogen and oxygen atoms in total. The molecule has 0 aliphatic carbocycles. The van der Waals surface area contributed by atoms with Gasteiger partial charge in [0.2, 0.25) is 0 Å². The summed E-state index contributed by atoms with van der Waals surface area (Å²) in [6.07, 6.45) is 2.43. The molecule has 0 bridgehead atoms. The van der Waals surface area contributed by atoms with Crippen molar-refractivity contribution >= 4 is 11.9 Å². The van der Waals surface area contributed by atoms with Crippen LogP contribution in [-0.2, 0) is 11.3 Å². The lowest BCUT2D eigenvalue weighted by molar-refractivity contribution is -0.119. The van der Waals surface area contributed by atoms with Gasteiger partial charge in [-0.05, 0) is 49.7 Å². The number of methoxy groups -OCH3 is 1. The Morgan fingerprint density at radius 1 is 1.16 bits per heavy atom. The van der Waals surface area contributed by atoms with Crippen molar-refractivity contribution < 1.29 is 14.3 Å². The molecule has 0 aromatic heterocycles. The van der Waals surface area contributed by atoms with Gasteiger partial charge in [0.25, 0.3) is 5.91 Å². The maximum atomic E-state index is 10.9. The van der Waals surface area contributed by atoms with E-state index >= 15 is 0 Å². The van der Waals surface area contributed by atoms with E-state index in [0.29, 0.717) is 24.8 Å². The highest BCUT2D eigenvalue weighted by Crippen LogP contribution is 2.31. The van der Waals surface area contributed by atoms with Crippen molar-refractivity contribution in [3.63, 3.8) is 0 Å². The lowest BCUT2D eigenvalue weighted by atomic mass is 10.0. The number of hydrogen-bond acceptors (Lipinski definition) is 5. The number of ether oxygens (including phenoxy) is 2.